The number of aldehydes is 1. The Balaban J connectivity index is 2.18. The van der Waals surface area contributed by atoms with Gasteiger partial charge in [-0.25, -0.2) is 0 Å². The molecule has 0 radical (unpaired) electrons. The minimum absolute atomic E-state index is 0.254. The van der Waals surface area contributed by atoms with Gasteiger partial charge in [0.2, 0.25) is 0 Å². The van der Waals surface area contributed by atoms with Crippen molar-refractivity contribution in [2.45, 2.75) is 45.6 Å². The summed E-state index contributed by atoms with van der Waals surface area (Å²) in [6, 6.07) is 10.1. The van der Waals surface area contributed by atoms with Gasteiger partial charge in [0.15, 0.2) is 0 Å². The molecule has 0 spiro atoms. The largest absolute Gasteiger partial charge is 0.310 e. The van der Waals surface area contributed by atoms with Crippen LogP contribution < -0.4 is 5.09 Å². The zero-order chi connectivity index (χ0) is 14.8. The van der Waals surface area contributed by atoms with Crippen LogP contribution in [-0.2, 0) is 15.8 Å². The van der Waals surface area contributed by atoms with Crippen LogP contribution in [0.1, 0.15) is 38.7 Å². The van der Waals surface area contributed by atoms with Crippen LogP contribution in [0.4, 0.5) is 0 Å². The SMILES string of the molecule is CC(C)C[C@@H](C=O)N[PH](=O)CCCCc1ccccc1. The van der Waals surface area contributed by atoms with Crippen LogP contribution in [0, 0.1) is 5.92 Å². The van der Waals surface area contributed by atoms with Crippen molar-refractivity contribution in [3.8, 4) is 0 Å². The summed E-state index contributed by atoms with van der Waals surface area (Å²) in [5, 5.41) is 2.97. The molecule has 0 amide bonds. The molecule has 0 bridgehead atoms. The molecule has 1 aromatic rings. The summed E-state index contributed by atoms with van der Waals surface area (Å²) >= 11 is 0. The molecule has 0 aliphatic heterocycles. The Morgan fingerprint density at radius 1 is 1.20 bits per heavy atom. The highest BCUT2D eigenvalue weighted by molar-refractivity contribution is 7.42. The van der Waals surface area contributed by atoms with E-state index in [9.17, 15) is 9.36 Å². The number of carbonyl (C=O) groups excluding carboxylic acids is 1. The molecule has 1 N–H and O–H groups in total. The Hall–Kier alpha value is -0.920. The fourth-order valence-corrected chi connectivity index (χ4v) is 3.51. The maximum atomic E-state index is 11.9. The second kappa shape index (κ2) is 9.90. The molecule has 0 aliphatic rings. The van der Waals surface area contributed by atoms with E-state index in [1.54, 1.807) is 0 Å². The smallest absolute Gasteiger partial charge is 0.137 e. The summed E-state index contributed by atoms with van der Waals surface area (Å²) in [4.78, 5) is 10.9. The number of benzene rings is 1. The fourth-order valence-electron chi connectivity index (χ4n) is 2.19. The maximum absolute atomic E-state index is 11.9. The van der Waals surface area contributed by atoms with Crippen molar-refractivity contribution in [3.05, 3.63) is 35.9 Å². The van der Waals surface area contributed by atoms with Gasteiger partial charge in [0.25, 0.3) is 0 Å². The van der Waals surface area contributed by atoms with Crippen molar-refractivity contribution < 1.29 is 9.36 Å². The van der Waals surface area contributed by atoms with Gasteiger partial charge < -0.3 is 9.36 Å². The maximum Gasteiger partial charge on any atom is 0.137 e. The minimum atomic E-state index is -1.83. The van der Waals surface area contributed by atoms with Gasteiger partial charge in [0.05, 0.1) is 6.04 Å². The van der Waals surface area contributed by atoms with Gasteiger partial charge in [-0.3, -0.25) is 5.09 Å². The summed E-state index contributed by atoms with van der Waals surface area (Å²) in [7, 11) is -1.83. The number of carbonyl (C=O) groups is 1. The number of aryl methyl sites for hydroxylation is 1. The van der Waals surface area contributed by atoms with Crippen LogP contribution in [0.2, 0.25) is 0 Å². The van der Waals surface area contributed by atoms with E-state index in [1.807, 2.05) is 18.2 Å². The van der Waals surface area contributed by atoms with Crippen molar-refractivity contribution >= 4 is 14.2 Å². The molecular formula is C16H26NO2P. The van der Waals surface area contributed by atoms with E-state index in [-0.39, 0.29) is 6.04 Å². The van der Waals surface area contributed by atoms with E-state index in [1.165, 1.54) is 5.56 Å². The highest BCUT2D eigenvalue weighted by Crippen LogP contribution is 2.20. The predicted octanol–water partition coefficient (Wildman–Crippen LogP) is 3.69. The highest BCUT2D eigenvalue weighted by Gasteiger charge is 2.11. The Kier molecular flexibility index (Phi) is 8.48. The van der Waals surface area contributed by atoms with Crippen molar-refractivity contribution in [1.29, 1.82) is 0 Å². The minimum Gasteiger partial charge on any atom is -0.310 e. The monoisotopic (exact) mass is 295 g/mol. The molecule has 0 aromatic heterocycles. The molecule has 1 rings (SSSR count). The quantitative estimate of drug-likeness (QED) is 0.407. The lowest BCUT2D eigenvalue weighted by molar-refractivity contribution is -0.109. The topological polar surface area (TPSA) is 46.2 Å². The Morgan fingerprint density at radius 3 is 2.50 bits per heavy atom. The van der Waals surface area contributed by atoms with Crippen LogP contribution in [-0.4, -0.2) is 18.5 Å². The molecule has 0 saturated carbocycles. The highest BCUT2D eigenvalue weighted by atomic mass is 31.1. The number of rotatable bonds is 10. The molecule has 0 fully saturated rings. The Bertz CT molecular complexity index is 406. The van der Waals surface area contributed by atoms with E-state index in [4.69, 9.17) is 0 Å². The van der Waals surface area contributed by atoms with Crippen molar-refractivity contribution in [2.75, 3.05) is 6.16 Å². The predicted molar refractivity (Wildman–Crippen MR) is 85.7 cm³/mol. The standard InChI is InChI=1S/C16H26NO2P/c1-14(2)12-16(13-18)17-20(19)11-7-6-10-15-8-4-3-5-9-15/h3-5,8-9,13-14,16,20H,6-7,10-12H2,1-2H3,(H,17,19)/t16-/m0/s1. The first kappa shape index (κ1) is 17.1. The first-order valence-electron chi connectivity index (χ1n) is 7.40. The van der Waals surface area contributed by atoms with Crippen LogP contribution in [0.25, 0.3) is 0 Å². The Labute approximate surface area is 123 Å². The summed E-state index contributed by atoms with van der Waals surface area (Å²) in [6.45, 7) is 4.13. The third-order valence-corrected chi connectivity index (χ3v) is 4.70. The summed E-state index contributed by atoms with van der Waals surface area (Å²) in [5.74, 6) is 0.436. The molecule has 4 heteroatoms. The molecule has 1 aromatic carbocycles. The van der Waals surface area contributed by atoms with Crippen LogP contribution in [0.15, 0.2) is 30.3 Å². The van der Waals surface area contributed by atoms with Gasteiger partial charge in [-0.15, -0.1) is 0 Å². The average molecular weight is 295 g/mol. The van der Waals surface area contributed by atoms with E-state index >= 15 is 0 Å². The van der Waals surface area contributed by atoms with Crippen LogP contribution in [0.5, 0.6) is 0 Å². The molecule has 0 heterocycles. The zero-order valence-corrected chi connectivity index (χ0v) is 13.5. The van der Waals surface area contributed by atoms with Gasteiger partial charge in [-0.1, -0.05) is 44.2 Å². The first-order chi connectivity index (χ1) is 9.61. The first-order valence-corrected chi connectivity index (χ1v) is 9.02. The Morgan fingerprint density at radius 2 is 1.90 bits per heavy atom. The number of unbranched alkanes of at least 4 members (excludes halogenated alkanes) is 1. The second-order valence-corrected chi connectivity index (χ2v) is 7.27. The zero-order valence-electron chi connectivity index (χ0n) is 12.5. The lowest BCUT2D eigenvalue weighted by atomic mass is 10.1. The lowest BCUT2D eigenvalue weighted by Crippen LogP contribution is -2.26. The number of nitrogens with one attached hydrogen (secondary N) is 1. The van der Waals surface area contributed by atoms with Gasteiger partial charge in [-0.05, 0) is 37.2 Å². The van der Waals surface area contributed by atoms with Crippen molar-refractivity contribution in [1.82, 2.24) is 5.09 Å². The van der Waals surface area contributed by atoms with Gasteiger partial charge in [-0.2, -0.15) is 0 Å². The van der Waals surface area contributed by atoms with Gasteiger partial charge >= 0.3 is 0 Å². The number of hydrogen-bond donors (Lipinski definition) is 1. The molecule has 0 saturated heterocycles. The summed E-state index contributed by atoms with van der Waals surface area (Å²) in [6.07, 6.45) is 5.32. The van der Waals surface area contributed by atoms with Crippen LogP contribution in [0.3, 0.4) is 0 Å². The van der Waals surface area contributed by atoms with Crippen LogP contribution >= 0.6 is 7.95 Å². The lowest BCUT2D eigenvalue weighted by Gasteiger charge is -2.14. The average Bonchev–Trinajstić information content (AvgIpc) is 2.43. The van der Waals surface area contributed by atoms with Gasteiger partial charge in [0, 0.05) is 6.16 Å². The second-order valence-electron chi connectivity index (χ2n) is 5.63. The normalized spacial score (nSPS) is 14.2. The third kappa shape index (κ3) is 7.62. The number of hydrogen-bond acceptors (Lipinski definition) is 2. The fraction of sp³-hybridized carbons (Fsp3) is 0.562. The van der Waals surface area contributed by atoms with E-state index < -0.39 is 7.95 Å². The molecule has 2 atom stereocenters. The van der Waals surface area contributed by atoms with Crippen molar-refractivity contribution in [3.63, 3.8) is 0 Å². The van der Waals surface area contributed by atoms with E-state index in [0.717, 1.165) is 32.0 Å². The summed E-state index contributed by atoms with van der Waals surface area (Å²) in [5.41, 5.74) is 1.32. The van der Waals surface area contributed by atoms with Gasteiger partial charge in [0.1, 0.15) is 14.2 Å². The van der Waals surface area contributed by atoms with E-state index in [2.05, 4.69) is 31.1 Å². The molecule has 1 unspecified atom stereocenters. The third-order valence-electron chi connectivity index (χ3n) is 3.20. The summed E-state index contributed by atoms with van der Waals surface area (Å²) < 4.78 is 11.9. The molecule has 0 aliphatic carbocycles. The molecular weight excluding hydrogens is 269 g/mol. The molecule has 3 nitrogen and oxygen atoms in total. The van der Waals surface area contributed by atoms with Crippen molar-refractivity contribution in [2.24, 2.45) is 5.92 Å². The molecule has 20 heavy (non-hydrogen) atoms. The van der Waals surface area contributed by atoms with E-state index in [0.29, 0.717) is 12.1 Å². The molecule has 112 valence electrons.